The number of hydrogen-bond donors (Lipinski definition) is 2. The average Bonchev–Trinajstić information content (AvgIpc) is 2.51. The van der Waals surface area contributed by atoms with Crippen molar-refractivity contribution in [1.29, 1.82) is 0 Å². The van der Waals surface area contributed by atoms with Crippen LogP contribution in [0.15, 0.2) is 18.6 Å². The minimum absolute atomic E-state index is 0. The van der Waals surface area contributed by atoms with E-state index in [0.29, 0.717) is 0 Å². The number of nitrogens with zero attached hydrogens (tertiary/aromatic N) is 2. The maximum atomic E-state index is 9.99. The molecule has 1 aromatic heterocycles. The molecule has 1 aromatic rings. The fraction of sp³-hybridized carbons (Fsp3) is 0.222. The molecule has 0 bridgehead atoms. The molecule has 0 aromatic carbocycles. The molecule has 6 N–H and O–H groups in total. The Labute approximate surface area is 141 Å². The van der Waals surface area contributed by atoms with Gasteiger partial charge in [-0.1, -0.05) is 0 Å². The second-order valence-corrected chi connectivity index (χ2v) is 2.66. The van der Waals surface area contributed by atoms with Crippen molar-refractivity contribution in [2.75, 3.05) is 13.1 Å². The van der Waals surface area contributed by atoms with E-state index in [9.17, 15) is 9.90 Å². The summed E-state index contributed by atoms with van der Waals surface area (Å²) in [6.45, 7) is 1.92. The van der Waals surface area contributed by atoms with E-state index < -0.39 is 17.9 Å². The van der Waals surface area contributed by atoms with Crippen LogP contribution in [0.3, 0.4) is 0 Å². The van der Waals surface area contributed by atoms with Crippen LogP contribution in [0.4, 0.5) is 0 Å². The first-order chi connectivity index (χ1) is 9.86. The minimum Gasteiger partial charge on any atom is -2.00 e. The van der Waals surface area contributed by atoms with E-state index >= 15 is 0 Å². The summed E-state index contributed by atoms with van der Waals surface area (Å²) < 4.78 is 0. The van der Waals surface area contributed by atoms with Crippen LogP contribution in [-0.2, 0) is 33.6 Å². The van der Waals surface area contributed by atoms with Gasteiger partial charge in [-0.15, -0.1) is 0 Å². The molecule has 133 valence electrons. The van der Waals surface area contributed by atoms with Crippen molar-refractivity contribution in [3.63, 3.8) is 0 Å². The molecule has 0 aliphatic carbocycles. The predicted octanol–water partition coefficient (Wildman–Crippen LogP) is -9.70. The van der Waals surface area contributed by atoms with Crippen LogP contribution in [0, 0.1) is 0 Å². The number of aliphatic carboxylic acids is 2. The maximum Gasteiger partial charge on any atom is 0.124 e. The van der Waals surface area contributed by atoms with Gasteiger partial charge in [-0.05, 0) is 0 Å². The third-order valence-electron chi connectivity index (χ3n) is 1.19. The number of carbonyl (C=O) groups is 3. The number of aromatic nitrogens is 2. The van der Waals surface area contributed by atoms with E-state index in [-0.39, 0.29) is 29.7 Å². The van der Waals surface area contributed by atoms with Crippen molar-refractivity contribution in [1.82, 2.24) is 9.97 Å². The molecule has 0 aliphatic heterocycles. The summed E-state index contributed by atoms with van der Waals surface area (Å²) in [5.74, 6) is -5.67. The standard InChI is InChI=1S/C5H4N2O2.C2H8N2.C2H2O4.O2.O.V/c8-5(9)4-3-6-1-2-7-4;3-1-2-4;3-1(4)2(5)6;1-2;;/h1-3H,(H,8,9);1-4H2;(H,3,4)(H,5,6);;;/q;;;2*-2;/p-1. The number of carbonyl (C=O) groups excluding carboxylic acids is 3. The summed E-state index contributed by atoms with van der Waals surface area (Å²) >= 11 is 0. The number of aromatic carboxylic acids is 1. The molecule has 0 saturated carbocycles. The van der Waals surface area contributed by atoms with Gasteiger partial charge in [-0.3, -0.25) is 9.97 Å². The Balaban J connectivity index is -0.0000000685. The van der Waals surface area contributed by atoms with Crippen molar-refractivity contribution in [3.05, 3.63) is 24.3 Å². The van der Waals surface area contributed by atoms with Gasteiger partial charge in [-0.2, -0.15) is 0 Å². The van der Waals surface area contributed by atoms with Gasteiger partial charge in [-0.25, -0.2) is 0 Å². The topological polar surface area (TPSA) is 276 Å². The van der Waals surface area contributed by atoms with E-state index in [1.54, 1.807) is 0 Å². The van der Waals surface area contributed by atoms with E-state index in [1.807, 2.05) is 0 Å². The van der Waals surface area contributed by atoms with E-state index in [2.05, 4.69) is 21.4 Å². The summed E-state index contributed by atoms with van der Waals surface area (Å²) in [5.41, 5.74) is 6.94. The zero-order valence-electron chi connectivity index (χ0n) is 11.6. The zero-order chi connectivity index (χ0) is 17.3. The second kappa shape index (κ2) is 24.9. The van der Waals surface area contributed by atoms with Gasteiger partial charge in [0.1, 0.15) is 18.8 Å². The number of carboxylic acid groups (broad SMARTS) is 3. The molecule has 1 heterocycles. The number of quaternary nitrogens is 2. The van der Waals surface area contributed by atoms with Gasteiger partial charge in [0.05, 0.1) is 24.1 Å². The molecule has 0 amide bonds. The Morgan fingerprint density at radius 2 is 1.35 bits per heavy atom. The summed E-state index contributed by atoms with van der Waals surface area (Å²) in [7, 11) is 0. The fourth-order valence-electron chi connectivity index (χ4n) is 0.405. The molecule has 13 nitrogen and oxygen atoms in total. The Morgan fingerprint density at radius 1 is 0.957 bits per heavy atom. The Hall–Kier alpha value is -2.13. The van der Waals surface area contributed by atoms with Crippen LogP contribution < -0.4 is 37.3 Å². The third kappa shape index (κ3) is 28.7. The molecule has 0 fully saturated rings. The van der Waals surface area contributed by atoms with Crippen molar-refractivity contribution in [2.24, 2.45) is 0 Å². The Kier molecular flexibility index (Phi) is 35.4. The van der Waals surface area contributed by atoms with Gasteiger partial charge < -0.3 is 57.2 Å². The van der Waals surface area contributed by atoms with Crippen LogP contribution in [0.25, 0.3) is 0 Å². The van der Waals surface area contributed by atoms with Crippen LogP contribution >= 0.6 is 0 Å². The molecule has 1 radical (unpaired) electrons. The maximum absolute atomic E-state index is 9.99. The van der Waals surface area contributed by atoms with Crippen molar-refractivity contribution in [3.8, 4) is 0 Å². The van der Waals surface area contributed by atoms with Crippen molar-refractivity contribution >= 4 is 17.9 Å². The third-order valence-corrected chi connectivity index (χ3v) is 1.19. The van der Waals surface area contributed by atoms with Gasteiger partial charge in [0.15, 0.2) is 0 Å². The predicted molar refractivity (Wildman–Crippen MR) is 52.6 cm³/mol. The largest absolute Gasteiger partial charge is 2.00 e. The van der Waals surface area contributed by atoms with Gasteiger partial charge >= 0.3 is 0 Å². The van der Waals surface area contributed by atoms with Crippen LogP contribution in [0.5, 0.6) is 0 Å². The Bertz CT molecular complexity index is 393. The smallest absolute Gasteiger partial charge is 0.124 e. The number of rotatable bonds is 2. The first-order valence-corrected chi connectivity index (χ1v) is 5.01. The first-order valence-electron chi connectivity index (χ1n) is 5.01. The zero-order valence-corrected chi connectivity index (χ0v) is 13.0. The van der Waals surface area contributed by atoms with Crippen molar-refractivity contribution < 1.29 is 75.7 Å². The summed E-state index contributed by atoms with van der Waals surface area (Å²) in [4.78, 5) is 34.8. The van der Waals surface area contributed by atoms with Crippen LogP contribution in [0.1, 0.15) is 10.5 Å². The molecule has 0 aliphatic rings. The molecular formula is C9H13N4O9V-5. The molecule has 0 saturated heterocycles. The fourth-order valence-corrected chi connectivity index (χ4v) is 0.405. The van der Waals surface area contributed by atoms with Gasteiger partial charge in [0, 0.05) is 30.9 Å². The Morgan fingerprint density at radius 3 is 1.48 bits per heavy atom. The minimum atomic E-state index is -2.19. The average molecular weight is 372 g/mol. The first kappa shape index (κ1) is 32.7. The quantitative estimate of drug-likeness (QED) is 0.280. The summed E-state index contributed by atoms with van der Waals surface area (Å²) in [6.07, 6.45) is 3.83. The summed E-state index contributed by atoms with van der Waals surface area (Å²) in [5, 5.41) is 41.8. The molecule has 0 atom stereocenters. The van der Waals surface area contributed by atoms with Crippen molar-refractivity contribution in [2.45, 2.75) is 0 Å². The second-order valence-electron chi connectivity index (χ2n) is 2.66. The van der Waals surface area contributed by atoms with Gasteiger partial charge in [0.25, 0.3) is 0 Å². The van der Waals surface area contributed by atoms with Crippen LogP contribution in [-0.4, -0.2) is 41.0 Å². The van der Waals surface area contributed by atoms with E-state index in [0.717, 1.165) is 19.3 Å². The van der Waals surface area contributed by atoms with Gasteiger partial charge in [0.2, 0.25) is 0 Å². The molecule has 14 heteroatoms. The summed E-state index contributed by atoms with van der Waals surface area (Å²) in [6, 6.07) is 0. The van der Waals surface area contributed by atoms with Crippen LogP contribution in [0.2, 0.25) is 0 Å². The molecule has 0 unspecified atom stereocenters. The molecular weight excluding hydrogens is 359 g/mol. The monoisotopic (exact) mass is 372 g/mol. The number of hydrogen-bond acceptors (Lipinski definition) is 10. The molecule has 0 spiro atoms. The normalized spacial score (nSPS) is 6.96. The van der Waals surface area contributed by atoms with E-state index in [4.69, 9.17) is 30.3 Å². The van der Waals surface area contributed by atoms with E-state index in [1.165, 1.54) is 12.4 Å². The molecule has 1 rings (SSSR count). The molecule has 23 heavy (non-hydrogen) atoms. The SMILES string of the molecule is O=C([O-])C(=O)[O-].O=C([O-])c1cnccn1.[NH3+]CC[NH3+].[O-2].[O-][O-].[V]. The number of carboxylic acids is 3.